The Morgan fingerprint density at radius 2 is 1.86 bits per heavy atom. The highest BCUT2D eigenvalue weighted by Gasteiger charge is 2.45. The van der Waals surface area contributed by atoms with Crippen LogP contribution in [-0.4, -0.2) is 35.6 Å². The Bertz CT molecular complexity index is 1480. The van der Waals surface area contributed by atoms with Crippen LogP contribution in [0.4, 0.5) is 22.0 Å². The van der Waals surface area contributed by atoms with Gasteiger partial charge in [-0.1, -0.05) is 6.92 Å². The van der Waals surface area contributed by atoms with E-state index in [1.165, 1.54) is 19.1 Å². The predicted octanol–water partition coefficient (Wildman–Crippen LogP) is 4.46. The second kappa shape index (κ2) is 7.64. The molecule has 0 amide bonds. The molecule has 2 aromatic heterocycles. The molecule has 5 rings (SSSR count). The highest BCUT2D eigenvalue weighted by molar-refractivity contribution is 7.91. The number of aromatic nitrogens is 2. The van der Waals surface area contributed by atoms with Crippen LogP contribution < -0.4 is 9.47 Å². The number of rotatable bonds is 4. The van der Waals surface area contributed by atoms with Gasteiger partial charge in [0.15, 0.2) is 32.1 Å². The van der Waals surface area contributed by atoms with Gasteiger partial charge in [-0.05, 0) is 42.7 Å². The summed E-state index contributed by atoms with van der Waals surface area (Å²) in [6, 6.07) is 4.36. The van der Waals surface area contributed by atoms with E-state index in [4.69, 9.17) is 0 Å². The van der Waals surface area contributed by atoms with Gasteiger partial charge in [-0.25, -0.2) is 13.4 Å². The van der Waals surface area contributed by atoms with Gasteiger partial charge in [0, 0.05) is 24.1 Å². The zero-order chi connectivity index (χ0) is 25.3. The van der Waals surface area contributed by atoms with E-state index in [1.54, 1.807) is 0 Å². The van der Waals surface area contributed by atoms with Gasteiger partial charge in [0.05, 0.1) is 17.0 Å². The number of ketones is 1. The number of benzene rings is 1. The molecule has 186 valence electrons. The number of hydrogen-bond donors (Lipinski definition) is 0. The number of sulfone groups is 1. The maximum atomic E-state index is 13.4. The fourth-order valence-corrected chi connectivity index (χ4v) is 5.63. The molecule has 1 aromatic carbocycles. The first-order chi connectivity index (χ1) is 16.3. The Hall–Kier alpha value is -3.22. The molecular weight excluding hydrogens is 499 g/mol. The van der Waals surface area contributed by atoms with Crippen molar-refractivity contribution in [2.75, 3.05) is 5.75 Å². The number of hydrogen-bond acceptors (Lipinski definition) is 6. The largest absolute Gasteiger partial charge is 0.586 e. The van der Waals surface area contributed by atoms with Gasteiger partial charge in [0.25, 0.3) is 0 Å². The molecule has 0 fully saturated rings. The van der Waals surface area contributed by atoms with E-state index in [2.05, 4.69) is 14.5 Å². The Balaban J connectivity index is 1.54. The average Bonchev–Trinajstić information content (AvgIpc) is 3.28. The summed E-state index contributed by atoms with van der Waals surface area (Å²) >= 11 is 0. The van der Waals surface area contributed by atoms with Crippen LogP contribution in [0.3, 0.4) is 0 Å². The second-order valence-electron chi connectivity index (χ2n) is 8.34. The summed E-state index contributed by atoms with van der Waals surface area (Å²) in [5, 5.41) is -0.398. The Morgan fingerprint density at radius 3 is 2.51 bits per heavy atom. The van der Waals surface area contributed by atoms with E-state index in [0.29, 0.717) is 18.2 Å². The van der Waals surface area contributed by atoms with E-state index in [9.17, 15) is 35.2 Å². The molecule has 7 nitrogen and oxygen atoms in total. The normalized spacial score (nSPS) is 19.3. The summed E-state index contributed by atoms with van der Waals surface area (Å²) < 4.78 is 102. The number of Topliss-reactive ketones (excluding diaryl/α,β-unsaturated/α-hetero) is 1. The molecule has 0 spiro atoms. The Morgan fingerprint density at radius 1 is 1.17 bits per heavy atom. The third-order valence-electron chi connectivity index (χ3n) is 6.11. The fraction of sp³-hybridized carbons (Fsp3) is 0.364. The summed E-state index contributed by atoms with van der Waals surface area (Å²) in [6.45, 7) is 1.35. The van der Waals surface area contributed by atoms with Crippen molar-refractivity contribution in [1.82, 2.24) is 9.38 Å². The van der Waals surface area contributed by atoms with Crippen LogP contribution in [0.2, 0.25) is 0 Å². The zero-order valence-corrected chi connectivity index (χ0v) is 18.8. The lowest BCUT2D eigenvalue weighted by Gasteiger charge is -2.23. The van der Waals surface area contributed by atoms with Crippen molar-refractivity contribution in [2.45, 2.75) is 43.7 Å². The summed E-state index contributed by atoms with van der Waals surface area (Å²) in [7, 11) is -4.02. The van der Waals surface area contributed by atoms with E-state index >= 15 is 0 Å². The van der Waals surface area contributed by atoms with Crippen molar-refractivity contribution < 1.29 is 44.6 Å². The molecule has 0 saturated carbocycles. The van der Waals surface area contributed by atoms with Crippen molar-refractivity contribution in [3.8, 4) is 11.5 Å². The standard InChI is InChI=1S/C22H17F5N2O5S/c1-2-35(31,32)20-15(28-18-6-5-13(10-29(18)20)21(23,24)25)7-12-4-3-11-8-16-17(9-14(11)19(12)30)34-22(26,27)33-16/h5-6,8-10,12H,2-4,7H2,1H3. The van der Waals surface area contributed by atoms with Crippen molar-refractivity contribution in [3.05, 3.63) is 52.8 Å². The number of carbonyl (C=O) groups excluding carboxylic acids is 1. The lowest BCUT2D eigenvalue weighted by Crippen LogP contribution is -2.26. The van der Waals surface area contributed by atoms with Gasteiger partial charge in [-0.3, -0.25) is 9.20 Å². The average molecular weight is 516 g/mol. The number of pyridine rings is 1. The molecule has 1 atom stereocenters. The molecule has 1 aliphatic heterocycles. The number of imidazole rings is 1. The van der Waals surface area contributed by atoms with Crippen molar-refractivity contribution in [2.24, 2.45) is 5.92 Å². The first-order valence-electron chi connectivity index (χ1n) is 10.6. The molecule has 3 aromatic rings. The van der Waals surface area contributed by atoms with E-state index in [-0.39, 0.29) is 47.0 Å². The highest BCUT2D eigenvalue weighted by Crippen LogP contribution is 2.44. The smallest absolute Gasteiger partial charge is 0.395 e. The predicted molar refractivity (Wildman–Crippen MR) is 110 cm³/mol. The number of aryl methyl sites for hydroxylation is 1. The first-order valence-corrected chi connectivity index (χ1v) is 12.2. The highest BCUT2D eigenvalue weighted by atomic mass is 32.2. The second-order valence-corrected chi connectivity index (χ2v) is 10.5. The number of fused-ring (bicyclic) bond motifs is 3. The van der Waals surface area contributed by atoms with Gasteiger partial charge in [-0.15, -0.1) is 8.78 Å². The molecule has 1 unspecified atom stereocenters. The van der Waals surface area contributed by atoms with Crippen molar-refractivity contribution in [3.63, 3.8) is 0 Å². The van der Waals surface area contributed by atoms with Crippen molar-refractivity contribution in [1.29, 1.82) is 0 Å². The Labute approximate surface area is 195 Å². The van der Waals surface area contributed by atoms with E-state index in [1.807, 2.05) is 0 Å². The molecule has 0 saturated heterocycles. The van der Waals surface area contributed by atoms with Crippen LogP contribution in [0.15, 0.2) is 35.5 Å². The van der Waals surface area contributed by atoms with Gasteiger partial charge in [0.1, 0.15) is 5.65 Å². The maximum absolute atomic E-state index is 13.4. The third kappa shape index (κ3) is 4.01. The van der Waals surface area contributed by atoms with Crippen LogP contribution in [0.25, 0.3) is 5.65 Å². The number of ether oxygens (including phenoxy) is 2. The van der Waals surface area contributed by atoms with Crippen LogP contribution in [0.1, 0.15) is 40.5 Å². The quantitative estimate of drug-likeness (QED) is 0.476. The van der Waals surface area contributed by atoms with Crippen LogP contribution in [0.5, 0.6) is 11.5 Å². The minimum Gasteiger partial charge on any atom is -0.395 e. The maximum Gasteiger partial charge on any atom is 0.586 e. The molecule has 35 heavy (non-hydrogen) atoms. The molecule has 1 aliphatic carbocycles. The Kier molecular flexibility index (Phi) is 5.13. The number of carbonyl (C=O) groups is 1. The van der Waals surface area contributed by atoms with Crippen LogP contribution in [0, 0.1) is 5.92 Å². The van der Waals surface area contributed by atoms with E-state index in [0.717, 1.165) is 16.5 Å². The summed E-state index contributed by atoms with van der Waals surface area (Å²) in [5.41, 5.74) is -0.451. The SMILES string of the molecule is CCS(=O)(=O)c1c(CC2CCc3cc4c(cc3C2=O)OC(F)(F)O4)nc2ccc(C(F)(F)F)cn12. The topological polar surface area (TPSA) is 87.0 Å². The monoisotopic (exact) mass is 516 g/mol. The number of halogens is 5. The summed E-state index contributed by atoms with van der Waals surface area (Å²) in [6.07, 6.45) is -7.44. The lowest BCUT2D eigenvalue weighted by atomic mass is 9.80. The van der Waals surface area contributed by atoms with Crippen molar-refractivity contribution >= 4 is 21.3 Å². The fourth-order valence-electron chi connectivity index (χ4n) is 4.42. The van der Waals surface area contributed by atoms with Gasteiger partial charge < -0.3 is 9.47 Å². The third-order valence-corrected chi connectivity index (χ3v) is 7.89. The van der Waals surface area contributed by atoms with Gasteiger partial charge >= 0.3 is 12.5 Å². The summed E-state index contributed by atoms with van der Waals surface area (Å²) in [5.74, 6) is -2.05. The molecule has 2 aliphatic rings. The molecule has 3 heterocycles. The molecule has 0 bridgehead atoms. The van der Waals surface area contributed by atoms with Crippen LogP contribution >= 0.6 is 0 Å². The lowest BCUT2D eigenvalue weighted by molar-refractivity contribution is -0.286. The van der Waals surface area contributed by atoms with Crippen LogP contribution in [-0.2, 0) is 28.9 Å². The minimum absolute atomic E-state index is 0.00529. The zero-order valence-electron chi connectivity index (χ0n) is 18.0. The molecular formula is C22H17F5N2O5S. The van der Waals surface area contributed by atoms with Gasteiger partial charge in [0.2, 0.25) is 0 Å². The summed E-state index contributed by atoms with van der Waals surface area (Å²) in [4.78, 5) is 17.4. The number of alkyl halides is 5. The minimum atomic E-state index is -4.70. The molecule has 13 heteroatoms. The van der Waals surface area contributed by atoms with E-state index < -0.39 is 44.6 Å². The first kappa shape index (κ1) is 23.5. The molecule has 0 N–H and O–H groups in total. The van der Waals surface area contributed by atoms with Gasteiger partial charge in [-0.2, -0.15) is 13.2 Å². The molecule has 0 radical (unpaired) electrons. The number of nitrogens with zero attached hydrogens (tertiary/aromatic N) is 2.